The van der Waals surface area contributed by atoms with E-state index in [9.17, 15) is 9.18 Å². The van der Waals surface area contributed by atoms with Crippen LogP contribution in [0.25, 0.3) is 0 Å². The standard InChI is InChI=1S/C15H10BrClFNO/c16-14(10-2-1-3-11(17)15(10)18)8-4-5-12-9(6-8)7-13(20)19-12/h1-6,14H,7H2,(H,19,20). The molecule has 1 unspecified atom stereocenters. The molecule has 1 atom stereocenters. The van der Waals surface area contributed by atoms with Gasteiger partial charge in [-0.25, -0.2) is 4.39 Å². The molecule has 5 heteroatoms. The zero-order valence-electron chi connectivity index (χ0n) is 10.3. The SMILES string of the molecule is O=C1Cc2cc(C(Br)c3cccc(Cl)c3F)ccc2N1. The molecule has 2 aromatic carbocycles. The van der Waals surface area contributed by atoms with Gasteiger partial charge >= 0.3 is 0 Å². The first kappa shape index (κ1) is 13.6. The Morgan fingerprint density at radius 3 is 2.90 bits per heavy atom. The number of hydrogen-bond donors (Lipinski definition) is 1. The van der Waals surface area contributed by atoms with Crippen LogP contribution < -0.4 is 5.32 Å². The van der Waals surface area contributed by atoms with Crippen molar-refractivity contribution in [2.75, 3.05) is 5.32 Å². The minimum Gasteiger partial charge on any atom is -0.326 e. The summed E-state index contributed by atoms with van der Waals surface area (Å²) in [6.45, 7) is 0. The molecule has 1 N–H and O–H groups in total. The first-order chi connectivity index (χ1) is 9.56. The quantitative estimate of drug-likeness (QED) is 0.793. The summed E-state index contributed by atoms with van der Waals surface area (Å²) >= 11 is 9.31. The molecule has 2 aromatic rings. The van der Waals surface area contributed by atoms with E-state index in [0.717, 1.165) is 16.8 Å². The zero-order valence-corrected chi connectivity index (χ0v) is 12.6. The summed E-state index contributed by atoms with van der Waals surface area (Å²) in [7, 11) is 0. The zero-order chi connectivity index (χ0) is 14.3. The van der Waals surface area contributed by atoms with Gasteiger partial charge in [0.05, 0.1) is 16.3 Å². The molecule has 0 saturated carbocycles. The van der Waals surface area contributed by atoms with Crippen molar-refractivity contribution in [3.8, 4) is 0 Å². The summed E-state index contributed by atoms with van der Waals surface area (Å²) in [4.78, 5) is 11.0. The fraction of sp³-hybridized carbons (Fsp3) is 0.133. The van der Waals surface area contributed by atoms with E-state index in [-0.39, 0.29) is 15.8 Å². The monoisotopic (exact) mass is 353 g/mol. The summed E-state index contributed by atoms with van der Waals surface area (Å²) in [5.41, 5.74) is 3.13. The highest BCUT2D eigenvalue weighted by atomic mass is 79.9. The lowest BCUT2D eigenvalue weighted by Crippen LogP contribution is -2.03. The summed E-state index contributed by atoms with van der Waals surface area (Å²) in [5, 5.41) is 2.88. The van der Waals surface area contributed by atoms with Gasteiger partial charge < -0.3 is 5.32 Å². The molecule has 0 saturated heterocycles. The summed E-state index contributed by atoms with van der Waals surface area (Å²) in [6, 6.07) is 10.5. The molecule has 1 amide bonds. The second-order valence-corrected chi connectivity index (χ2v) is 5.97. The van der Waals surface area contributed by atoms with Crippen LogP contribution in [0, 0.1) is 5.82 Å². The van der Waals surface area contributed by atoms with Gasteiger partial charge in [0.1, 0.15) is 5.82 Å². The molecule has 0 fully saturated rings. The van der Waals surface area contributed by atoms with Crippen LogP contribution in [0.2, 0.25) is 5.02 Å². The first-order valence-corrected chi connectivity index (χ1v) is 7.36. The van der Waals surface area contributed by atoms with E-state index in [1.807, 2.05) is 18.2 Å². The summed E-state index contributed by atoms with van der Waals surface area (Å²) < 4.78 is 14.0. The normalized spacial score (nSPS) is 14.8. The smallest absolute Gasteiger partial charge is 0.228 e. The average molecular weight is 355 g/mol. The van der Waals surface area contributed by atoms with Gasteiger partial charge in [-0.3, -0.25) is 4.79 Å². The van der Waals surface area contributed by atoms with Gasteiger partial charge in [0, 0.05) is 11.3 Å². The highest BCUT2D eigenvalue weighted by Crippen LogP contribution is 2.36. The Labute approximate surface area is 129 Å². The third kappa shape index (κ3) is 2.34. The summed E-state index contributed by atoms with van der Waals surface area (Å²) in [5.74, 6) is -0.442. The highest BCUT2D eigenvalue weighted by Gasteiger charge is 2.21. The van der Waals surface area contributed by atoms with E-state index >= 15 is 0 Å². The number of amides is 1. The van der Waals surface area contributed by atoms with E-state index in [4.69, 9.17) is 11.6 Å². The maximum absolute atomic E-state index is 14.0. The van der Waals surface area contributed by atoms with Crippen molar-refractivity contribution in [3.05, 3.63) is 63.9 Å². The van der Waals surface area contributed by atoms with E-state index in [0.29, 0.717) is 12.0 Å². The lowest BCUT2D eigenvalue weighted by Gasteiger charge is -2.13. The molecular formula is C15H10BrClFNO. The lowest BCUT2D eigenvalue weighted by atomic mass is 10.0. The number of fused-ring (bicyclic) bond motifs is 1. The Bertz CT molecular complexity index is 704. The minimum atomic E-state index is -0.425. The van der Waals surface area contributed by atoms with Crippen LogP contribution in [0.4, 0.5) is 10.1 Å². The number of benzene rings is 2. The van der Waals surface area contributed by atoms with Gasteiger partial charge in [-0.05, 0) is 23.3 Å². The molecule has 102 valence electrons. The van der Waals surface area contributed by atoms with E-state index in [2.05, 4.69) is 21.2 Å². The fourth-order valence-electron chi connectivity index (χ4n) is 2.30. The van der Waals surface area contributed by atoms with Crippen LogP contribution in [-0.4, -0.2) is 5.91 Å². The lowest BCUT2D eigenvalue weighted by molar-refractivity contribution is -0.115. The predicted molar refractivity (Wildman–Crippen MR) is 81.0 cm³/mol. The van der Waals surface area contributed by atoms with Crippen LogP contribution >= 0.6 is 27.5 Å². The molecular weight excluding hydrogens is 345 g/mol. The molecule has 0 spiro atoms. The van der Waals surface area contributed by atoms with Crippen molar-refractivity contribution < 1.29 is 9.18 Å². The molecule has 20 heavy (non-hydrogen) atoms. The Kier molecular flexibility index (Phi) is 3.52. The fourth-order valence-corrected chi connectivity index (χ4v) is 3.12. The third-order valence-electron chi connectivity index (χ3n) is 3.30. The molecule has 0 bridgehead atoms. The number of hydrogen-bond acceptors (Lipinski definition) is 1. The number of halogens is 3. The van der Waals surface area contributed by atoms with Crippen molar-refractivity contribution in [2.45, 2.75) is 11.2 Å². The number of rotatable bonds is 2. The number of carbonyl (C=O) groups excluding carboxylic acids is 1. The van der Waals surface area contributed by atoms with Crippen LogP contribution in [0.1, 0.15) is 21.5 Å². The molecule has 1 aliphatic heterocycles. The maximum Gasteiger partial charge on any atom is 0.228 e. The van der Waals surface area contributed by atoms with E-state index in [1.165, 1.54) is 6.07 Å². The minimum absolute atomic E-state index is 0.0165. The van der Waals surface area contributed by atoms with Crippen molar-refractivity contribution in [2.24, 2.45) is 0 Å². The molecule has 0 radical (unpaired) electrons. The van der Waals surface area contributed by atoms with Crippen LogP contribution in [0.3, 0.4) is 0 Å². The van der Waals surface area contributed by atoms with Gasteiger partial charge in [0.2, 0.25) is 5.91 Å². The van der Waals surface area contributed by atoms with Crippen molar-refractivity contribution in [1.82, 2.24) is 0 Å². The second kappa shape index (κ2) is 5.19. The van der Waals surface area contributed by atoms with E-state index in [1.54, 1.807) is 12.1 Å². The maximum atomic E-state index is 14.0. The van der Waals surface area contributed by atoms with E-state index < -0.39 is 5.82 Å². The van der Waals surface area contributed by atoms with Gasteiger partial charge in [-0.15, -0.1) is 0 Å². The molecule has 0 aliphatic carbocycles. The van der Waals surface area contributed by atoms with Crippen molar-refractivity contribution in [1.29, 1.82) is 0 Å². The molecule has 0 aromatic heterocycles. The average Bonchev–Trinajstić information content (AvgIpc) is 2.80. The van der Waals surface area contributed by atoms with Crippen molar-refractivity contribution >= 4 is 39.1 Å². The Hall–Kier alpha value is -1.39. The van der Waals surface area contributed by atoms with Gasteiger partial charge in [0.25, 0.3) is 0 Å². The Balaban J connectivity index is 1.99. The Morgan fingerprint density at radius 2 is 2.10 bits per heavy atom. The van der Waals surface area contributed by atoms with Gasteiger partial charge in [-0.2, -0.15) is 0 Å². The molecule has 2 nitrogen and oxygen atoms in total. The molecule has 1 heterocycles. The number of nitrogens with one attached hydrogen (secondary N) is 1. The number of carbonyl (C=O) groups is 1. The van der Waals surface area contributed by atoms with Crippen molar-refractivity contribution in [3.63, 3.8) is 0 Å². The highest BCUT2D eigenvalue weighted by molar-refractivity contribution is 9.09. The van der Waals surface area contributed by atoms with Crippen LogP contribution in [0.15, 0.2) is 36.4 Å². The van der Waals surface area contributed by atoms with Gasteiger partial charge in [-0.1, -0.05) is 51.8 Å². The predicted octanol–water partition coefficient (Wildman–Crippen LogP) is 4.46. The molecule has 1 aliphatic rings. The third-order valence-corrected chi connectivity index (χ3v) is 4.62. The number of anilines is 1. The Morgan fingerprint density at radius 1 is 1.30 bits per heavy atom. The first-order valence-electron chi connectivity index (χ1n) is 6.07. The van der Waals surface area contributed by atoms with Gasteiger partial charge in [0.15, 0.2) is 0 Å². The molecule has 3 rings (SSSR count). The largest absolute Gasteiger partial charge is 0.326 e. The van der Waals surface area contributed by atoms with Crippen LogP contribution in [0.5, 0.6) is 0 Å². The number of alkyl halides is 1. The summed E-state index contributed by atoms with van der Waals surface area (Å²) in [6.07, 6.45) is 0.362. The second-order valence-electron chi connectivity index (χ2n) is 4.65. The topological polar surface area (TPSA) is 29.1 Å². The van der Waals surface area contributed by atoms with Crippen LogP contribution in [-0.2, 0) is 11.2 Å².